The van der Waals surface area contributed by atoms with Gasteiger partial charge in [0, 0.05) is 53.4 Å². The lowest BCUT2D eigenvalue weighted by Gasteiger charge is -2.13. The molecule has 0 fully saturated rings. The maximum atomic E-state index is 6.50. The normalized spacial score (nSPS) is 12.1. The Balaban J connectivity index is 1.07. The number of rotatable bonds is 4. The number of furan rings is 1. The van der Waals surface area contributed by atoms with Crippen LogP contribution in [-0.4, -0.2) is 14.5 Å². The van der Waals surface area contributed by atoms with Crippen LogP contribution >= 0.6 is 11.3 Å². The van der Waals surface area contributed by atoms with Gasteiger partial charge in [0.05, 0.1) is 26.9 Å². The summed E-state index contributed by atoms with van der Waals surface area (Å²) in [7, 11) is 0. The van der Waals surface area contributed by atoms with Gasteiger partial charge in [-0.2, -0.15) is 0 Å². The zero-order valence-corrected chi connectivity index (χ0v) is 32.4. The fourth-order valence-electron chi connectivity index (χ4n) is 9.37. The van der Waals surface area contributed by atoms with Crippen LogP contribution in [0.25, 0.3) is 125 Å². The molecule has 0 saturated heterocycles. The number of hydrogen-bond donors (Lipinski definition) is 0. The molecule has 4 aromatic heterocycles. The fraction of sp³-hybridized carbons (Fsp3) is 0. The van der Waals surface area contributed by atoms with Gasteiger partial charge >= 0.3 is 0 Å². The summed E-state index contributed by atoms with van der Waals surface area (Å²) in [6.45, 7) is 0. The molecule has 0 spiro atoms. The zero-order chi connectivity index (χ0) is 38.6. The molecular formula is C54H31N3OS. The summed E-state index contributed by atoms with van der Waals surface area (Å²) in [6.07, 6.45) is 0. The first-order chi connectivity index (χ1) is 29.3. The lowest BCUT2D eigenvalue weighted by molar-refractivity contribution is 0.669. The van der Waals surface area contributed by atoms with Crippen molar-refractivity contribution in [1.29, 1.82) is 0 Å². The zero-order valence-electron chi connectivity index (χ0n) is 31.6. The Morgan fingerprint density at radius 1 is 0.390 bits per heavy atom. The molecule has 59 heavy (non-hydrogen) atoms. The van der Waals surface area contributed by atoms with Crippen LogP contribution in [0.15, 0.2) is 192 Å². The summed E-state index contributed by atoms with van der Waals surface area (Å²) in [5, 5.41) is 10.6. The van der Waals surface area contributed by atoms with E-state index in [-0.39, 0.29) is 0 Å². The van der Waals surface area contributed by atoms with Crippen molar-refractivity contribution in [3.63, 3.8) is 0 Å². The summed E-state index contributed by atoms with van der Waals surface area (Å²) in [5.41, 5.74) is 11.6. The molecule has 0 saturated carbocycles. The average molecular weight is 770 g/mol. The Bertz CT molecular complexity index is 3820. The Morgan fingerprint density at radius 2 is 1.00 bits per heavy atom. The van der Waals surface area contributed by atoms with E-state index < -0.39 is 0 Å². The number of thiophene rings is 1. The highest BCUT2D eigenvalue weighted by Gasteiger charge is 2.26. The summed E-state index contributed by atoms with van der Waals surface area (Å²) in [5.74, 6) is 0.651. The largest absolute Gasteiger partial charge is 0.456 e. The third-order valence-electron chi connectivity index (χ3n) is 12.0. The van der Waals surface area contributed by atoms with Gasteiger partial charge in [0.15, 0.2) is 0 Å². The number of para-hydroxylation sites is 3. The molecule has 13 rings (SSSR count). The highest BCUT2D eigenvalue weighted by atomic mass is 32.1. The first-order valence-electron chi connectivity index (χ1n) is 19.9. The Hall–Kier alpha value is -7.60. The van der Waals surface area contributed by atoms with Crippen molar-refractivity contribution in [3.8, 4) is 39.5 Å². The van der Waals surface area contributed by atoms with E-state index in [1.165, 1.54) is 58.4 Å². The Labute approximate surface area is 341 Å². The Kier molecular flexibility index (Phi) is 6.85. The number of aromatic nitrogens is 3. The van der Waals surface area contributed by atoms with Crippen molar-refractivity contribution < 1.29 is 4.42 Å². The summed E-state index contributed by atoms with van der Waals surface area (Å²) >= 11 is 1.84. The molecule has 0 radical (unpaired) electrons. The standard InChI is InChI=1S/C54H31N3OS/c1-2-12-32(13-3-1)33-22-24-34(25-23-33)35-26-28-36(29-27-35)51-37-14-4-8-18-42(37)55-54(56-51)57-43-19-9-5-15-38(43)47-41-30-31-45-48(39-16-6-10-20-44(39)58-45)49(41)50-40-17-7-11-21-46(40)59-53(50)52(47)57/h1-31H. The van der Waals surface area contributed by atoms with E-state index in [9.17, 15) is 0 Å². The molecule has 4 nitrogen and oxygen atoms in total. The van der Waals surface area contributed by atoms with Crippen LogP contribution in [0.5, 0.6) is 0 Å². The van der Waals surface area contributed by atoms with Gasteiger partial charge in [-0.3, -0.25) is 4.57 Å². The summed E-state index contributed by atoms with van der Waals surface area (Å²) in [6, 6.07) is 66.8. The van der Waals surface area contributed by atoms with Gasteiger partial charge in [-0.05, 0) is 64.0 Å². The van der Waals surface area contributed by atoms with E-state index >= 15 is 0 Å². The van der Waals surface area contributed by atoms with Gasteiger partial charge in [-0.15, -0.1) is 11.3 Å². The van der Waals surface area contributed by atoms with Crippen molar-refractivity contribution in [2.75, 3.05) is 0 Å². The number of nitrogens with zero attached hydrogens (tertiary/aromatic N) is 3. The maximum Gasteiger partial charge on any atom is 0.235 e. The van der Waals surface area contributed by atoms with Crippen LogP contribution in [0.4, 0.5) is 0 Å². The second-order valence-electron chi connectivity index (χ2n) is 15.2. The molecule has 0 N–H and O–H groups in total. The molecule has 0 atom stereocenters. The highest BCUT2D eigenvalue weighted by molar-refractivity contribution is 7.27. The van der Waals surface area contributed by atoms with E-state index in [1.807, 2.05) is 17.4 Å². The number of hydrogen-bond acceptors (Lipinski definition) is 4. The van der Waals surface area contributed by atoms with E-state index in [1.54, 1.807) is 0 Å². The van der Waals surface area contributed by atoms with Crippen molar-refractivity contribution in [2.45, 2.75) is 0 Å². The van der Waals surface area contributed by atoms with Crippen LogP contribution in [-0.2, 0) is 0 Å². The lowest BCUT2D eigenvalue weighted by Crippen LogP contribution is -2.03. The second kappa shape index (κ2) is 12.4. The molecule has 0 aliphatic heterocycles. The van der Waals surface area contributed by atoms with Crippen molar-refractivity contribution in [2.24, 2.45) is 0 Å². The van der Waals surface area contributed by atoms with Crippen LogP contribution in [0, 0.1) is 0 Å². The first kappa shape index (κ1) is 32.5. The van der Waals surface area contributed by atoms with Crippen molar-refractivity contribution in [3.05, 3.63) is 188 Å². The molecule has 0 unspecified atom stereocenters. The molecule has 274 valence electrons. The predicted octanol–water partition coefficient (Wildman–Crippen LogP) is 15.1. The van der Waals surface area contributed by atoms with Crippen LogP contribution < -0.4 is 0 Å². The average Bonchev–Trinajstić information content (AvgIpc) is 3.99. The molecule has 0 aliphatic carbocycles. The molecule has 0 amide bonds. The van der Waals surface area contributed by atoms with Gasteiger partial charge in [0.1, 0.15) is 11.2 Å². The monoisotopic (exact) mass is 769 g/mol. The van der Waals surface area contributed by atoms with Crippen LogP contribution in [0.2, 0.25) is 0 Å². The molecule has 5 heteroatoms. The Morgan fingerprint density at radius 3 is 1.78 bits per heavy atom. The molecular weight excluding hydrogens is 739 g/mol. The molecule has 0 aliphatic rings. The van der Waals surface area contributed by atoms with Gasteiger partial charge in [0.25, 0.3) is 0 Å². The minimum Gasteiger partial charge on any atom is -0.456 e. The predicted molar refractivity (Wildman–Crippen MR) is 248 cm³/mol. The summed E-state index contributed by atoms with van der Waals surface area (Å²) in [4.78, 5) is 10.9. The smallest absolute Gasteiger partial charge is 0.235 e. The SMILES string of the molecule is c1ccc(-c2ccc(-c3ccc(-c4nc(-n5c6ccccc6c6c7ccc8oc9ccccc9c8c7c7c8ccccc8sc7c65)nc5ccccc45)cc3)cc2)cc1. The third kappa shape index (κ3) is 4.77. The molecule has 0 bridgehead atoms. The third-order valence-corrected chi connectivity index (χ3v) is 13.2. The number of benzene rings is 9. The topological polar surface area (TPSA) is 43.9 Å². The molecule has 9 aromatic carbocycles. The minimum absolute atomic E-state index is 0.651. The van der Waals surface area contributed by atoms with Crippen molar-refractivity contribution >= 4 is 96.9 Å². The maximum absolute atomic E-state index is 6.50. The quantitative estimate of drug-likeness (QED) is 0.179. The van der Waals surface area contributed by atoms with E-state index in [0.717, 1.165) is 60.7 Å². The van der Waals surface area contributed by atoms with E-state index in [4.69, 9.17) is 14.4 Å². The lowest BCUT2D eigenvalue weighted by atomic mass is 9.95. The van der Waals surface area contributed by atoms with Crippen molar-refractivity contribution in [1.82, 2.24) is 14.5 Å². The van der Waals surface area contributed by atoms with E-state index in [2.05, 4.69) is 187 Å². The van der Waals surface area contributed by atoms with Gasteiger partial charge in [0.2, 0.25) is 5.95 Å². The van der Waals surface area contributed by atoms with Gasteiger partial charge < -0.3 is 4.42 Å². The second-order valence-corrected chi connectivity index (χ2v) is 16.3. The minimum atomic E-state index is 0.651. The van der Waals surface area contributed by atoms with Crippen LogP contribution in [0.3, 0.4) is 0 Å². The van der Waals surface area contributed by atoms with Gasteiger partial charge in [-0.1, -0.05) is 152 Å². The summed E-state index contributed by atoms with van der Waals surface area (Å²) < 4.78 is 11.3. The molecule has 13 aromatic rings. The van der Waals surface area contributed by atoms with E-state index in [0.29, 0.717) is 5.95 Å². The van der Waals surface area contributed by atoms with Gasteiger partial charge in [-0.25, -0.2) is 9.97 Å². The first-order valence-corrected chi connectivity index (χ1v) is 20.7. The number of fused-ring (bicyclic) bond motifs is 15. The van der Waals surface area contributed by atoms with Crippen LogP contribution in [0.1, 0.15) is 0 Å². The fourth-order valence-corrected chi connectivity index (χ4v) is 10.6. The molecule has 4 heterocycles. The highest BCUT2D eigenvalue weighted by Crippen LogP contribution is 2.50.